The van der Waals surface area contributed by atoms with Crippen molar-refractivity contribution >= 4 is 17.9 Å². The molecule has 92 valence electrons. The van der Waals surface area contributed by atoms with E-state index in [9.17, 15) is 4.79 Å². The second-order valence-electron chi connectivity index (χ2n) is 3.59. The lowest BCUT2D eigenvalue weighted by Crippen LogP contribution is -2.36. The van der Waals surface area contributed by atoms with Crippen molar-refractivity contribution in [2.45, 2.75) is 0 Å². The molecular formula is C11H15N3O3. The maximum atomic E-state index is 10.4. The predicted molar refractivity (Wildman–Crippen MR) is 63.5 cm³/mol. The number of amides is 1. The fourth-order valence-corrected chi connectivity index (χ4v) is 1.73. The lowest BCUT2D eigenvalue weighted by atomic mass is 10.3. The van der Waals surface area contributed by atoms with Crippen LogP contribution in [0.2, 0.25) is 0 Å². The van der Waals surface area contributed by atoms with E-state index >= 15 is 0 Å². The van der Waals surface area contributed by atoms with Crippen molar-refractivity contribution in [1.82, 2.24) is 4.98 Å². The summed E-state index contributed by atoms with van der Waals surface area (Å²) >= 11 is 0. The van der Waals surface area contributed by atoms with Crippen LogP contribution in [0.1, 0.15) is 0 Å². The average molecular weight is 237 g/mol. The van der Waals surface area contributed by atoms with E-state index in [2.05, 4.69) is 15.2 Å². The highest BCUT2D eigenvalue weighted by atomic mass is 16.5. The number of anilines is 2. The Kier molecular flexibility index (Phi) is 3.77. The Labute approximate surface area is 99.5 Å². The minimum absolute atomic E-state index is 0.418. The summed E-state index contributed by atoms with van der Waals surface area (Å²) in [4.78, 5) is 16.9. The number of nitrogens with zero attached hydrogens (tertiary/aromatic N) is 2. The second kappa shape index (κ2) is 5.49. The fourth-order valence-electron chi connectivity index (χ4n) is 1.73. The van der Waals surface area contributed by atoms with Crippen LogP contribution in [0.15, 0.2) is 12.1 Å². The summed E-state index contributed by atoms with van der Waals surface area (Å²) in [5.74, 6) is 1.25. The SMILES string of the molecule is COc1nc(N2CCOCC2)ccc1NC=O. The zero-order chi connectivity index (χ0) is 12.1. The second-order valence-corrected chi connectivity index (χ2v) is 3.59. The molecule has 2 heterocycles. The highest BCUT2D eigenvalue weighted by Gasteiger charge is 2.14. The zero-order valence-electron chi connectivity index (χ0n) is 9.68. The first-order valence-corrected chi connectivity index (χ1v) is 5.43. The van der Waals surface area contributed by atoms with E-state index in [1.807, 2.05) is 6.07 Å². The molecule has 1 aliphatic heterocycles. The Hall–Kier alpha value is -1.82. The van der Waals surface area contributed by atoms with Crippen molar-refractivity contribution < 1.29 is 14.3 Å². The normalized spacial score (nSPS) is 15.5. The summed E-state index contributed by atoms with van der Waals surface area (Å²) in [5.41, 5.74) is 0.569. The van der Waals surface area contributed by atoms with Crippen LogP contribution in [0.3, 0.4) is 0 Å². The van der Waals surface area contributed by atoms with Crippen molar-refractivity contribution in [2.24, 2.45) is 0 Å². The molecule has 1 fully saturated rings. The number of nitrogens with one attached hydrogen (secondary N) is 1. The average Bonchev–Trinajstić information content (AvgIpc) is 2.40. The summed E-state index contributed by atoms with van der Waals surface area (Å²) in [6.07, 6.45) is 0.605. The molecule has 1 N–H and O–H groups in total. The van der Waals surface area contributed by atoms with Gasteiger partial charge in [-0.3, -0.25) is 4.79 Å². The molecule has 1 aromatic rings. The van der Waals surface area contributed by atoms with E-state index in [0.717, 1.165) is 18.9 Å². The van der Waals surface area contributed by atoms with Crippen LogP contribution in [0.5, 0.6) is 5.88 Å². The number of aromatic nitrogens is 1. The molecule has 0 atom stereocenters. The standard InChI is InChI=1S/C11H15N3O3/c1-16-11-9(12-8-15)2-3-10(13-11)14-4-6-17-7-5-14/h2-3,8H,4-7H2,1H3,(H,12,15). The number of rotatable bonds is 4. The molecule has 0 saturated carbocycles. The first kappa shape index (κ1) is 11.7. The van der Waals surface area contributed by atoms with Gasteiger partial charge < -0.3 is 19.7 Å². The number of ether oxygens (including phenoxy) is 2. The number of carbonyl (C=O) groups excluding carboxylic acids is 1. The molecule has 0 bridgehead atoms. The van der Waals surface area contributed by atoms with Crippen LogP contribution < -0.4 is 15.0 Å². The van der Waals surface area contributed by atoms with E-state index in [1.54, 1.807) is 6.07 Å². The van der Waals surface area contributed by atoms with Crippen molar-refractivity contribution in [3.63, 3.8) is 0 Å². The van der Waals surface area contributed by atoms with E-state index < -0.39 is 0 Å². The number of hydrogen-bond acceptors (Lipinski definition) is 5. The zero-order valence-corrected chi connectivity index (χ0v) is 9.68. The Morgan fingerprint density at radius 3 is 2.88 bits per heavy atom. The predicted octanol–water partition coefficient (Wildman–Crippen LogP) is 0.495. The molecule has 17 heavy (non-hydrogen) atoms. The third kappa shape index (κ3) is 2.65. The molecule has 6 nitrogen and oxygen atoms in total. The van der Waals surface area contributed by atoms with Crippen LogP contribution in [0, 0.1) is 0 Å². The Morgan fingerprint density at radius 2 is 2.24 bits per heavy atom. The summed E-state index contributed by atoms with van der Waals surface area (Å²) in [6.45, 7) is 3.05. The maximum Gasteiger partial charge on any atom is 0.239 e. The molecule has 0 aromatic carbocycles. The summed E-state index contributed by atoms with van der Waals surface area (Å²) in [5, 5.41) is 2.55. The number of morpholine rings is 1. The lowest BCUT2D eigenvalue weighted by molar-refractivity contribution is -0.105. The molecule has 1 aromatic heterocycles. The van der Waals surface area contributed by atoms with Gasteiger partial charge in [-0.1, -0.05) is 0 Å². The molecule has 2 rings (SSSR count). The molecule has 1 amide bonds. The lowest BCUT2D eigenvalue weighted by Gasteiger charge is -2.28. The highest BCUT2D eigenvalue weighted by molar-refractivity contribution is 5.75. The minimum Gasteiger partial charge on any atom is -0.479 e. The maximum absolute atomic E-state index is 10.4. The first-order chi connectivity index (χ1) is 8.35. The van der Waals surface area contributed by atoms with Gasteiger partial charge in [0.05, 0.1) is 20.3 Å². The van der Waals surface area contributed by atoms with Gasteiger partial charge in [0.2, 0.25) is 12.3 Å². The van der Waals surface area contributed by atoms with Gasteiger partial charge in [-0.05, 0) is 12.1 Å². The number of methoxy groups -OCH3 is 1. The van der Waals surface area contributed by atoms with Crippen molar-refractivity contribution in [1.29, 1.82) is 0 Å². The van der Waals surface area contributed by atoms with Gasteiger partial charge in [0, 0.05) is 13.1 Å². The number of pyridine rings is 1. The van der Waals surface area contributed by atoms with Crippen molar-refractivity contribution in [3.8, 4) is 5.88 Å². The largest absolute Gasteiger partial charge is 0.479 e. The quantitative estimate of drug-likeness (QED) is 0.772. The molecule has 0 spiro atoms. The smallest absolute Gasteiger partial charge is 0.239 e. The van der Waals surface area contributed by atoms with Gasteiger partial charge >= 0.3 is 0 Å². The monoisotopic (exact) mass is 237 g/mol. The van der Waals surface area contributed by atoms with Crippen LogP contribution in [-0.2, 0) is 9.53 Å². The van der Waals surface area contributed by atoms with Crippen molar-refractivity contribution in [3.05, 3.63) is 12.1 Å². The van der Waals surface area contributed by atoms with Crippen molar-refractivity contribution in [2.75, 3.05) is 43.6 Å². The minimum atomic E-state index is 0.418. The summed E-state index contributed by atoms with van der Waals surface area (Å²) < 4.78 is 10.4. The highest BCUT2D eigenvalue weighted by Crippen LogP contribution is 2.25. The van der Waals surface area contributed by atoms with E-state index in [-0.39, 0.29) is 0 Å². The topological polar surface area (TPSA) is 63.7 Å². The molecule has 0 radical (unpaired) electrons. The van der Waals surface area contributed by atoms with Crippen LogP contribution in [-0.4, -0.2) is 44.8 Å². The Bertz CT molecular complexity index is 392. The van der Waals surface area contributed by atoms with Gasteiger partial charge in [-0.25, -0.2) is 0 Å². The van der Waals surface area contributed by atoms with E-state index in [1.165, 1.54) is 7.11 Å². The third-order valence-electron chi connectivity index (χ3n) is 2.59. The van der Waals surface area contributed by atoms with Gasteiger partial charge in [-0.15, -0.1) is 0 Å². The molecule has 1 aliphatic rings. The van der Waals surface area contributed by atoms with Gasteiger partial charge in [0.15, 0.2) is 0 Å². The number of carbonyl (C=O) groups is 1. The summed E-state index contributed by atoms with van der Waals surface area (Å²) in [7, 11) is 1.53. The third-order valence-corrected chi connectivity index (χ3v) is 2.59. The van der Waals surface area contributed by atoms with Crippen LogP contribution in [0.25, 0.3) is 0 Å². The molecule has 0 unspecified atom stereocenters. The Morgan fingerprint density at radius 1 is 1.47 bits per heavy atom. The Balaban J connectivity index is 2.20. The molecule has 1 saturated heterocycles. The summed E-state index contributed by atoms with van der Waals surface area (Å²) in [6, 6.07) is 3.64. The number of hydrogen-bond donors (Lipinski definition) is 1. The van der Waals surface area contributed by atoms with Gasteiger partial charge in [0.25, 0.3) is 0 Å². The van der Waals surface area contributed by atoms with E-state index in [4.69, 9.17) is 9.47 Å². The molecule has 0 aliphatic carbocycles. The molecular weight excluding hydrogens is 222 g/mol. The fraction of sp³-hybridized carbons (Fsp3) is 0.455. The molecule has 6 heteroatoms. The van der Waals surface area contributed by atoms with Crippen LogP contribution >= 0.6 is 0 Å². The van der Waals surface area contributed by atoms with E-state index in [0.29, 0.717) is 31.2 Å². The van der Waals surface area contributed by atoms with Crippen LogP contribution in [0.4, 0.5) is 11.5 Å². The first-order valence-electron chi connectivity index (χ1n) is 5.43. The van der Waals surface area contributed by atoms with Gasteiger partial charge in [-0.2, -0.15) is 4.98 Å². The van der Waals surface area contributed by atoms with Gasteiger partial charge in [0.1, 0.15) is 11.5 Å².